The summed E-state index contributed by atoms with van der Waals surface area (Å²) in [7, 11) is 0. The molecule has 184 valence electrons. The van der Waals surface area contributed by atoms with Gasteiger partial charge in [-0.05, 0) is 42.4 Å². The molecular formula is C23H36N4O6. The number of amides is 3. The Morgan fingerprint density at radius 2 is 1.27 bits per heavy atom. The number of hydrogen-bond donors (Lipinski definition) is 6. The molecule has 33 heavy (non-hydrogen) atoms. The number of rotatable bonds is 13. The zero-order chi connectivity index (χ0) is 25.1. The molecule has 10 heteroatoms. The fourth-order valence-electron chi connectivity index (χ4n) is 3.27. The van der Waals surface area contributed by atoms with E-state index in [0.717, 1.165) is 0 Å². The number of nitrogens with two attached hydrogens (primary N) is 1. The molecule has 0 unspecified atom stereocenters. The molecule has 0 aliphatic heterocycles. The van der Waals surface area contributed by atoms with Crippen LogP contribution in [0.4, 0.5) is 0 Å². The van der Waals surface area contributed by atoms with Gasteiger partial charge in [0.15, 0.2) is 0 Å². The number of benzene rings is 1. The lowest BCUT2D eigenvalue weighted by Gasteiger charge is -2.26. The molecule has 0 spiro atoms. The van der Waals surface area contributed by atoms with Crippen LogP contribution in [-0.4, -0.2) is 58.6 Å². The van der Waals surface area contributed by atoms with Gasteiger partial charge in [-0.2, -0.15) is 0 Å². The predicted molar refractivity (Wildman–Crippen MR) is 123 cm³/mol. The van der Waals surface area contributed by atoms with Crippen LogP contribution < -0.4 is 21.7 Å². The minimum Gasteiger partial charge on any atom is -0.508 e. The maximum atomic E-state index is 13.0. The van der Waals surface area contributed by atoms with Gasteiger partial charge in [-0.25, -0.2) is 4.79 Å². The molecule has 0 aliphatic rings. The summed E-state index contributed by atoms with van der Waals surface area (Å²) in [6.07, 6.45) is 0.640. The number of aromatic hydroxyl groups is 1. The first kappa shape index (κ1) is 27.9. The summed E-state index contributed by atoms with van der Waals surface area (Å²) in [5.41, 5.74) is 5.96. The summed E-state index contributed by atoms with van der Waals surface area (Å²) in [5, 5.41) is 26.7. The van der Waals surface area contributed by atoms with Crippen molar-refractivity contribution < 1.29 is 29.4 Å². The first-order chi connectivity index (χ1) is 15.4. The van der Waals surface area contributed by atoms with Crippen molar-refractivity contribution in [2.24, 2.45) is 17.6 Å². The van der Waals surface area contributed by atoms with Crippen LogP contribution in [0.2, 0.25) is 0 Å². The number of nitrogens with one attached hydrogen (secondary N) is 3. The number of hydrogen-bond acceptors (Lipinski definition) is 6. The van der Waals surface area contributed by atoms with Crippen molar-refractivity contribution in [3.63, 3.8) is 0 Å². The maximum absolute atomic E-state index is 13.0. The zero-order valence-electron chi connectivity index (χ0n) is 19.6. The first-order valence-corrected chi connectivity index (χ1v) is 11.0. The quantitative estimate of drug-likeness (QED) is 0.247. The summed E-state index contributed by atoms with van der Waals surface area (Å²) in [4.78, 5) is 49.3. The topological polar surface area (TPSA) is 171 Å². The van der Waals surface area contributed by atoms with Crippen LogP contribution in [0, 0.1) is 11.8 Å². The summed E-state index contributed by atoms with van der Waals surface area (Å²) in [5.74, 6) is -2.69. The molecular weight excluding hydrogens is 428 g/mol. The Morgan fingerprint density at radius 3 is 1.70 bits per heavy atom. The second kappa shape index (κ2) is 13.4. The predicted octanol–water partition coefficient (Wildman–Crippen LogP) is 0.525. The largest absolute Gasteiger partial charge is 0.508 e. The van der Waals surface area contributed by atoms with Gasteiger partial charge in [-0.1, -0.05) is 39.8 Å². The molecule has 1 aromatic carbocycles. The minimum absolute atomic E-state index is 0.00618. The Labute approximate surface area is 194 Å². The molecule has 7 N–H and O–H groups in total. The van der Waals surface area contributed by atoms with E-state index < -0.39 is 41.8 Å². The number of aliphatic carboxylic acids is 1. The molecule has 10 nitrogen and oxygen atoms in total. The second-order valence-electron chi connectivity index (χ2n) is 8.91. The van der Waals surface area contributed by atoms with Gasteiger partial charge in [0.2, 0.25) is 17.7 Å². The molecule has 0 heterocycles. The molecule has 0 saturated carbocycles. The van der Waals surface area contributed by atoms with Crippen LogP contribution in [0.25, 0.3) is 0 Å². The molecule has 1 rings (SSSR count). The van der Waals surface area contributed by atoms with E-state index in [-0.39, 0.29) is 37.0 Å². The number of carbonyl (C=O) groups is 4. The maximum Gasteiger partial charge on any atom is 0.326 e. The van der Waals surface area contributed by atoms with Crippen molar-refractivity contribution in [3.05, 3.63) is 29.8 Å². The van der Waals surface area contributed by atoms with Gasteiger partial charge < -0.3 is 31.9 Å². The monoisotopic (exact) mass is 464 g/mol. The van der Waals surface area contributed by atoms with Gasteiger partial charge >= 0.3 is 5.97 Å². The van der Waals surface area contributed by atoms with Crippen LogP contribution in [0.15, 0.2) is 24.3 Å². The Hall–Kier alpha value is -3.14. The van der Waals surface area contributed by atoms with E-state index >= 15 is 0 Å². The van der Waals surface area contributed by atoms with Gasteiger partial charge in [0.25, 0.3) is 0 Å². The molecule has 0 bridgehead atoms. The van der Waals surface area contributed by atoms with Gasteiger partial charge in [0.05, 0.1) is 6.54 Å². The molecule has 3 amide bonds. The number of phenols is 1. The Balaban J connectivity index is 2.97. The fourth-order valence-corrected chi connectivity index (χ4v) is 3.27. The van der Waals surface area contributed by atoms with Crippen LogP contribution in [0.1, 0.15) is 46.1 Å². The van der Waals surface area contributed by atoms with E-state index in [1.165, 1.54) is 12.1 Å². The van der Waals surface area contributed by atoms with Gasteiger partial charge in [-0.15, -0.1) is 0 Å². The lowest BCUT2D eigenvalue weighted by Crippen LogP contribution is -2.57. The molecule has 0 aliphatic carbocycles. The van der Waals surface area contributed by atoms with Crippen molar-refractivity contribution >= 4 is 23.7 Å². The average molecular weight is 465 g/mol. The normalized spacial score (nSPS) is 13.8. The van der Waals surface area contributed by atoms with Crippen molar-refractivity contribution in [1.29, 1.82) is 0 Å². The average Bonchev–Trinajstić information content (AvgIpc) is 2.72. The second-order valence-corrected chi connectivity index (χ2v) is 8.91. The third-order valence-electron chi connectivity index (χ3n) is 4.88. The fraction of sp³-hybridized carbons (Fsp3) is 0.565. The summed E-state index contributed by atoms with van der Waals surface area (Å²) < 4.78 is 0. The molecule has 0 radical (unpaired) electrons. The summed E-state index contributed by atoms with van der Waals surface area (Å²) >= 11 is 0. The van der Waals surface area contributed by atoms with Crippen molar-refractivity contribution in [2.45, 2.75) is 65.1 Å². The van der Waals surface area contributed by atoms with Crippen LogP contribution >= 0.6 is 0 Å². The van der Waals surface area contributed by atoms with Crippen molar-refractivity contribution in [3.8, 4) is 5.75 Å². The Bertz CT molecular complexity index is 810. The van der Waals surface area contributed by atoms with Crippen LogP contribution in [0.3, 0.4) is 0 Å². The highest BCUT2D eigenvalue weighted by Crippen LogP contribution is 2.13. The van der Waals surface area contributed by atoms with E-state index in [1.54, 1.807) is 12.1 Å². The highest BCUT2D eigenvalue weighted by Gasteiger charge is 2.30. The van der Waals surface area contributed by atoms with E-state index in [0.29, 0.717) is 12.0 Å². The minimum atomic E-state index is -1.22. The zero-order valence-corrected chi connectivity index (χ0v) is 19.6. The van der Waals surface area contributed by atoms with Gasteiger partial charge in [0.1, 0.15) is 23.9 Å². The van der Waals surface area contributed by atoms with Crippen molar-refractivity contribution in [2.75, 3.05) is 6.54 Å². The smallest absolute Gasteiger partial charge is 0.326 e. The van der Waals surface area contributed by atoms with E-state index in [9.17, 15) is 29.4 Å². The lowest BCUT2D eigenvalue weighted by molar-refractivity contribution is -0.142. The Morgan fingerprint density at radius 1 is 0.818 bits per heavy atom. The van der Waals surface area contributed by atoms with Crippen LogP contribution in [-0.2, 0) is 25.6 Å². The van der Waals surface area contributed by atoms with Crippen LogP contribution in [0.5, 0.6) is 5.75 Å². The molecule has 1 aromatic rings. The number of carboxylic acids is 1. The van der Waals surface area contributed by atoms with E-state index in [2.05, 4.69) is 16.0 Å². The Kier molecular flexibility index (Phi) is 11.3. The lowest BCUT2D eigenvalue weighted by atomic mass is 9.99. The number of phenolic OH excluding ortho intramolecular Hbond substituents is 1. The SMILES string of the molecule is CC(C)C[C@H](NC(=O)CN)C(=O)N[C@@H](CC(C)C)C(=O)N[C@@H](Cc1ccc(O)cc1)C(=O)O. The first-order valence-electron chi connectivity index (χ1n) is 11.0. The summed E-state index contributed by atoms with van der Waals surface area (Å²) in [6.45, 7) is 7.27. The molecule has 0 saturated heterocycles. The van der Waals surface area contributed by atoms with Gasteiger partial charge in [-0.3, -0.25) is 14.4 Å². The van der Waals surface area contributed by atoms with E-state index in [4.69, 9.17) is 5.73 Å². The molecule has 3 atom stereocenters. The number of carbonyl (C=O) groups excluding carboxylic acids is 3. The standard InChI is InChI=1S/C23H36N4O6/c1-13(2)9-17(25-20(29)12-24)21(30)26-18(10-14(3)4)22(31)27-19(23(32)33)11-15-5-7-16(28)8-6-15/h5-8,13-14,17-19,28H,9-12,24H2,1-4H3,(H,25,29)(H,26,30)(H,27,31)(H,32,33)/t17-,18-,19-/m0/s1. The van der Waals surface area contributed by atoms with Gasteiger partial charge in [0, 0.05) is 6.42 Å². The highest BCUT2D eigenvalue weighted by atomic mass is 16.4. The third kappa shape index (κ3) is 10.3. The molecule has 0 aromatic heterocycles. The number of carboxylic acid groups (broad SMARTS) is 1. The molecule has 0 fully saturated rings. The summed E-state index contributed by atoms with van der Waals surface area (Å²) in [6, 6.07) is 2.93. The van der Waals surface area contributed by atoms with E-state index in [1.807, 2.05) is 27.7 Å². The third-order valence-corrected chi connectivity index (χ3v) is 4.88. The van der Waals surface area contributed by atoms with Crippen molar-refractivity contribution in [1.82, 2.24) is 16.0 Å². The highest BCUT2D eigenvalue weighted by molar-refractivity contribution is 5.93.